The van der Waals surface area contributed by atoms with Gasteiger partial charge in [0.05, 0.1) is 0 Å². The number of hydrogen-bond acceptors (Lipinski definition) is 2. The molecule has 1 aliphatic heterocycles. The molecule has 2 nitrogen and oxygen atoms in total. The topological polar surface area (TPSA) is 20.3 Å². The molecule has 0 saturated carbocycles. The van der Waals surface area contributed by atoms with Gasteiger partial charge in [-0.1, -0.05) is 22.9 Å². The summed E-state index contributed by atoms with van der Waals surface area (Å²) in [5.41, 5.74) is 1.91. The quantitative estimate of drug-likeness (QED) is 0.760. The van der Waals surface area contributed by atoms with Crippen LogP contribution in [0, 0.1) is 5.92 Å². The standard InChI is InChI=1S/C15H20BrNO/c1-10-5-4-8-17(11(10)2)15-7-6-13(16)9-14(15)12(3)18/h6-7,9-11H,4-5,8H2,1-3H3. The predicted molar refractivity (Wildman–Crippen MR) is 79.4 cm³/mol. The van der Waals surface area contributed by atoms with E-state index in [4.69, 9.17) is 0 Å². The maximum Gasteiger partial charge on any atom is 0.161 e. The minimum atomic E-state index is 0.136. The number of Topliss-reactive ketones (excluding diaryl/α,β-unsaturated/α-hetero) is 1. The summed E-state index contributed by atoms with van der Waals surface area (Å²) in [6.45, 7) is 7.25. The fraction of sp³-hybridized carbons (Fsp3) is 0.533. The van der Waals surface area contributed by atoms with Gasteiger partial charge in [0.15, 0.2) is 5.78 Å². The molecule has 0 aromatic heterocycles. The Morgan fingerprint density at radius 1 is 1.39 bits per heavy atom. The molecule has 3 heteroatoms. The molecule has 18 heavy (non-hydrogen) atoms. The Kier molecular flexibility index (Phi) is 4.10. The molecule has 0 aliphatic carbocycles. The van der Waals surface area contributed by atoms with E-state index in [2.05, 4.69) is 40.7 Å². The van der Waals surface area contributed by atoms with Crippen molar-refractivity contribution in [3.8, 4) is 0 Å². The number of benzene rings is 1. The van der Waals surface area contributed by atoms with Crippen molar-refractivity contribution in [1.82, 2.24) is 0 Å². The highest BCUT2D eigenvalue weighted by atomic mass is 79.9. The molecule has 1 saturated heterocycles. The summed E-state index contributed by atoms with van der Waals surface area (Å²) in [5, 5.41) is 0. The Labute approximate surface area is 117 Å². The molecule has 2 rings (SSSR count). The van der Waals surface area contributed by atoms with E-state index in [9.17, 15) is 4.79 Å². The van der Waals surface area contributed by atoms with Crippen molar-refractivity contribution in [3.05, 3.63) is 28.2 Å². The number of hydrogen-bond donors (Lipinski definition) is 0. The van der Waals surface area contributed by atoms with Gasteiger partial charge in [-0.05, 0) is 50.8 Å². The van der Waals surface area contributed by atoms with Crippen LogP contribution in [-0.2, 0) is 0 Å². The maximum atomic E-state index is 11.8. The highest BCUT2D eigenvalue weighted by Gasteiger charge is 2.26. The summed E-state index contributed by atoms with van der Waals surface area (Å²) in [7, 11) is 0. The molecule has 0 spiro atoms. The normalized spacial score (nSPS) is 24.1. The van der Waals surface area contributed by atoms with Crippen molar-refractivity contribution in [1.29, 1.82) is 0 Å². The fourth-order valence-electron chi connectivity index (χ4n) is 2.72. The van der Waals surface area contributed by atoms with Crippen molar-refractivity contribution in [2.45, 2.75) is 39.7 Å². The lowest BCUT2D eigenvalue weighted by Crippen LogP contribution is -2.43. The van der Waals surface area contributed by atoms with Crippen LogP contribution in [0.5, 0.6) is 0 Å². The smallest absolute Gasteiger partial charge is 0.161 e. The largest absolute Gasteiger partial charge is 0.368 e. The van der Waals surface area contributed by atoms with Crippen LogP contribution < -0.4 is 4.90 Å². The van der Waals surface area contributed by atoms with Crippen molar-refractivity contribution >= 4 is 27.4 Å². The molecule has 0 N–H and O–H groups in total. The Balaban J connectivity index is 2.40. The second-order valence-corrected chi connectivity index (χ2v) is 6.19. The Hall–Kier alpha value is -0.830. The number of nitrogens with zero attached hydrogens (tertiary/aromatic N) is 1. The molecule has 0 amide bonds. The number of piperidine rings is 1. The monoisotopic (exact) mass is 309 g/mol. The number of rotatable bonds is 2. The minimum Gasteiger partial charge on any atom is -0.368 e. The summed E-state index contributed by atoms with van der Waals surface area (Å²) in [6.07, 6.45) is 2.49. The third-order valence-electron chi connectivity index (χ3n) is 4.02. The van der Waals surface area contributed by atoms with Crippen molar-refractivity contribution in [2.75, 3.05) is 11.4 Å². The molecule has 98 valence electrons. The van der Waals surface area contributed by atoms with Crippen LogP contribution in [0.2, 0.25) is 0 Å². The minimum absolute atomic E-state index is 0.136. The lowest BCUT2D eigenvalue weighted by Gasteiger charge is -2.40. The molecular formula is C15H20BrNO. The molecule has 1 aromatic carbocycles. The van der Waals surface area contributed by atoms with Gasteiger partial charge in [0, 0.05) is 28.3 Å². The SMILES string of the molecule is CC(=O)c1cc(Br)ccc1N1CCCC(C)C1C. The lowest BCUT2D eigenvalue weighted by atomic mass is 9.91. The summed E-state index contributed by atoms with van der Waals surface area (Å²) in [5.74, 6) is 0.818. The van der Waals surface area contributed by atoms with Crippen LogP contribution >= 0.6 is 15.9 Å². The van der Waals surface area contributed by atoms with Gasteiger partial charge in [0.25, 0.3) is 0 Å². The lowest BCUT2D eigenvalue weighted by molar-refractivity contribution is 0.101. The molecule has 2 unspecified atom stereocenters. The second-order valence-electron chi connectivity index (χ2n) is 5.27. The number of carbonyl (C=O) groups is 1. The van der Waals surface area contributed by atoms with Crippen LogP contribution in [0.1, 0.15) is 44.0 Å². The molecule has 2 atom stereocenters. The molecule has 1 heterocycles. The van der Waals surface area contributed by atoms with Crippen LogP contribution in [0.15, 0.2) is 22.7 Å². The average Bonchev–Trinajstić information content (AvgIpc) is 2.33. The van der Waals surface area contributed by atoms with Crippen LogP contribution in [0.25, 0.3) is 0 Å². The van der Waals surface area contributed by atoms with E-state index in [1.807, 2.05) is 12.1 Å². The highest BCUT2D eigenvalue weighted by molar-refractivity contribution is 9.10. The number of carbonyl (C=O) groups excluding carboxylic acids is 1. The fourth-order valence-corrected chi connectivity index (χ4v) is 3.08. The van der Waals surface area contributed by atoms with Gasteiger partial charge in [0.2, 0.25) is 0 Å². The van der Waals surface area contributed by atoms with Crippen molar-refractivity contribution in [3.63, 3.8) is 0 Å². The number of anilines is 1. The molecule has 0 radical (unpaired) electrons. The third-order valence-corrected chi connectivity index (χ3v) is 4.51. The van der Waals surface area contributed by atoms with E-state index in [-0.39, 0.29) is 5.78 Å². The first kappa shape index (κ1) is 13.6. The Morgan fingerprint density at radius 3 is 2.78 bits per heavy atom. The van der Waals surface area contributed by atoms with Crippen molar-refractivity contribution in [2.24, 2.45) is 5.92 Å². The third kappa shape index (κ3) is 2.61. The maximum absolute atomic E-state index is 11.8. The zero-order chi connectivity index (χ0) is 13.3. The summed E-state index contributed by atoms with van der Waals surface area (Å²) >= 11 is 3.44. The van der Waals surface area contributed by atoms with Crippen LogP contribution in [0.4, 0.5) is 5.69 Å². The zero-order valence-electron chi connectivity index (χ0n) is 11.2. The Bertz CT molecular complexity index is 458. The van der Waals surface area contributed by atoms with Gasteiger partial charge in [-0.2, -0.15) is 0 Å². The first-order valence-electron chi connectivity index (χ1n) is 6.58. The van der Waals surface area contributed by atoms with Gasteiger partial charge < -0.3 is 4.90 Å². The predicted octanol–water partition coefficient (Wildman–Crippen LogP) is 4.28. The first-order chi connectivity index (χ1) is 8.50. The van der Waals surface area contributed by atoms with E-state index in [1.54, 1.807) is 6.92 Å². The van der Waals surface area contributed by atoms with E-state index in [1.165, 1.54) is 12.8 Å². The summed E-state index contributed by atoms with van der Waals surface area (Å²) < 4.78 is 0.967. The summed E-state index contributed by atoms with van der Waals surface area (Å²) in [4.78, 5) is 14.2. The van der Waals surface area contributed by atoms with E-state index >= 15 is 0 Å². The van der Waals surface area contributed by atoms with Gasteiger partial charge in [-0.3, -0.25) is 4.79 Å². The molecule has 1 aliphatic rings. The van der Waals surface area contributed by atoms with E-state index in [0.29, 0.717) is 12.0 Å². The highest BCUT2D eigenvalue weighted by Crippen LogP contribution is 2.32. The van der Waals surface area contributed by atoms with E-state index < -0.39 is 0 Å². The van der Waals surface area contributed by atoms with Crippen LogP contribution in [-0.4, -0.2) is 18.4 Å². The first-order valence-corrected chi connectivity index (χ1v) is 7.37. The number of halogens is 1. The van der Waals surface area contributed by atoms with Crippen molar-refractivity contribution < 1.29 is 4.79 Å². The molecular weight excluding hydrogens is 290 g/mol. The van der Waals surface area contributed by atoms with Gasteiger partial charge >= 0.3 is 0 Å². The van der Waals surface area contributed by atoms with Gasteiger partial charge in [0.1, 0.15) is 0 Å². The zero-order valence-corrected chi connectivity index (χ0v) is 12.8. The second kappa shape index (κ2) is 5.43. The molecule has 0 bridgehead atoms. The van der Waals surface area contributed by atoms with Gasteiger partial charge in [-0.15, -0.1) is 0 Å². The summed E-state index contributed by atoms with van der Waals surface area (Å²) in [6, 6.07) is 6.52. The van der Waals surface area contributed by atoms with Crippen LogP contribution in [0.3, 0.4) is 0 Å². The average molecular weight is 310 g/mol. The molecule has 1 aromatic rings. The number of ketones is 1. The Morgan fingerprint density at radius 2 is 2.11 bits per heavy atom. The van der Waals surface area contributed by atoms with Gasteiger partial charge in [-0.25, -0.2) is 0 Å². The molecule has 1 fully saturated rings. The van der Waals surface area contributed by atoms with E-state index in [0.717, 1.165) is 22.3 Å².